The van der Waals surface area contributed by atoms with Crippen molar-refractivity contribution in [1.82, 2.24) is 9.80 Å². The SMILES string of the molecule is CC(C)(C)OC(=O)N1CC2(CN(C(=O)OCc3ccccc3)CC2C=O)C1. The van der Waals surface area contributed by atoms with Crippen molar-refractivity contribution in [3.05, 3.63) is 35.9 Å². The summed E-state index contributed by atoms with van der Waals surface area (Å²) in [6.07, 6.45) is 0.0675. The minimum Gasteiger partial charge on any atom is -0.445 e. The fourth-order valence-electron chi connectivity index (χ4n) is 3.63. The van der Waals surface area contributed by atoms with Crippen molar-refractivity contribution in [2.75, 3.05) is 26.2 Å². The minimum absolute atomic E-state index is 0.193. The number of carbonyl (C=O) groups is 3. The van der Waals surface area contributed by atoms with Crippen molar-refractivity contribution in [1.29, 1.82) is 0 Å². The lowest BCUT2D eigenvalue weighted by Gasteiger charge is -2.49. The third-order valence-corrected chi connectivity index (χ3v) is 5.00. The Morgan fingerprint density at radius 1 is 1.11 bits per heavy atom. The van der Waals surface area contributed by atoms with Gasteiger partial charge in [-0.3, -0.25) is 0 Å². The van der Waals surface area contributed by atoms with E-state index in [0.29, 0.717) is 26.2 Å². The Morgan fingerprint density at radius 3 is 2.33 bits per heavy atom. The Morgan fingerprint density at radius 2 is 1.74 bits per heavy atom. The van der Waals surface area contributed by atoms with E-state index in [1.54, 1.807) is 9.80 Å². The van der Waals surface area contributed by atoms with Crippen molar-refractivity contribution >= 4 is 18.5 Å². The van der Waals surface area contributed by atoms with Crippen LogP contribution in [0, 0.1) is 11.3 Å². The van der Waals surface area contributed by atoms with Gasteiger partial charge in [-0.15, -0.1) is 0 Å². The van der Waals surface area contributed by atoms with Crippen LogP contribution in [0.4, 0.5) is 9.59 Å². The van der Waals surface area contributed by atoms with Crippen LogP contribution < -0.4 is 0 Å². The topological polar surface area (TPSA) is 76.2 Å². The van der Waals surface area contributed by atoms with Gasteiger partial charge in [0, 0.05) is 37.5 Å². The van der Waals surface area contributed by atoms with E-state index in [1.165, 1.54) is 0 Å². The van der Waals surface area contributed by atoms with Crippen LogP contribution in [0.5, 0.6) is 0 Å². The molecule has 1 spiro atoms. The Hall–Kier alpha value is -2.57. The minimum atomic E-state index is -0.563. The summed E-state index contributed by atoms with van der Waals surface area (Å²) in [5.74, 6) is -0.305. The molecule has 7 heteroatoms. The highest BCUT2D eigenvalue weighted by Gasteiger charge is 2.57. The van der Waals surface area contributed by atoms with E-state index in [-0.39, 0.29) is 18.6 Å². The summed E-state index contributed by atoms with van der Waals surface area (Å²) >= 11 is 0. The van der Waals surface area contributed by atoms with Crippen LogP contribution in [0.2, 0.25) is 0 Å². The second kappa shape index (κ2) is 7.21. The normalized spacial score (nSPS) is 20.9. The molecule has 1 atom stereocenters. The summed E-state index contributed by atoms with van der Waals surface area (Å²) in [6, 6.07) is 9.44. The van der Waals surface area contributed by atoms with Gasteiger partial charge in [-0.25, -0.2) is 9.59 Å². The number of nitrogens with zero attached hydrogens (tertiary/aromatic N) is 2. The number of ether oxygens (including phenoxy) is 2. The third kappa shape index (κ3) is 4.23. The highest BCUT2D eigenvalue weighted by Crippen LogP contribution is 2.43. The standard InChI is InChI=1S/C20H26N2O5/c1-19(2,3)27-18(25)22-13-20(14-22)12-21(9-16(20)10-23)17(24)26-11-15-7-5-4-6-8-15/h4-8,10,16H,9,11-14H2,1-3H3. The first-order chi connectivity index (χ1) is 12.7. The Labute approximate surface area is 159 Å². The highest BCUT2D eigenvalue weighted by molar-refractivity contribution is 5.73. The molecular formula is C20H26N2O5. The average molecular weight is 374 g/mol. The maximum atomic E-state index is 12.4. The molecule has 27 heavy (non-hydrogen) atoms. The number of hydrogen-bond donors (Lipinski definition) is 0. The predicted molar refractivity (Wildman–Crippen MR) is 98.0 cm³/mol. The smallest absolute Gasteiger partial charge is 0.410 e. The maximum absolute atomic E-state index is 12.4. The van der Waals surface area contributed by atoms with E-state index in [9.17, 15) is 14.4 Å². The fraction of sp³-hybridized carbons (Fsp3) is 0.550. The zero-order chi connectivity index (χ0) is 19.7. The molecule has 2 amide bonds. The van der Waals surface area contributed by atoms with Gasteiger partial charge in [-0.1, -0.05) is 30.3 Å². The van der Waals surface area contributed by atoms with Crippen molar-refractivity contribution in [3.63, 3.8) is 0 Å². The van der Waals surface area contributed by atoms with Gasteiger partial charge in [-0.05, 0) is 26.3 Å². The fourth-order valence-corrected chi connectivity index (χ4v) is 3.63. The van der Waals surface area contributed by atoms with Crippen molar-refractivity contribution < 1.29 is 23.9 Å². The van der Waals surface area contributed by atoms with Crippen LogP contribution in [0.15, 0.2) is 30.3 Å². The first-order valence-corrected chi connectivity index (χ1v) is 9.11. The Balaban J connectivity index is 1.55. The van der Waals surface area contributed by atoms with Gasteiger partial charge >= 0.3 is 12.2 Å². The maximum Gasteiger partial charge on any atom is 0.410 e. The summed E-state index contributed by atoms with van der Waals surface area (Å²) in [5, 5.41) is 0. The number of carbonyl (C=O) groups excluding carboxylic acids is 3. The van der Waals surface area contributed by atoms with E-state index in [2.05, 4.69) is 0 Å². The van der Waals surface area contributed by atoms with E-state index in [4.69, 9.17) is 9.47 Å². The molecule has 1 aromatic rings. The van der Waals surface area contributed by atoms with Crippen molar-refractivity contribution in [2.24, 2.45) is 11.3 Å². The first-order valence-electron chi connectivity index (χ1n) is 9.11. The summed E-state index contributed by atoms with van der Waals surface area (Å²) in [5.41, 5.74) is -0.0523. The highest BCUT2D eigenvalue weighted by atomic mass is 16.6. The molecule has 0 radical (unpaired) electrons. The number of benzene rings is 1. The van der Waals surface area contributed by atoms with E-state index < -0.39 is 17.1 Å². The number of hydrogen-bond acceptors (Lipinski definition) is 5. The van der Waals surface area contributed by atoms with Crippen LogP contribution in [0.1, 0.15) is 26.3 Å². The van der Waals surface area contributed by atoms with Crippen molar-refractivity contribution in [3.8, 4) is 0 Å². The molecule has 0 bridgehead atoms. The lowest BCUT2D eigenvalue weighted by atomic mass is 9.72. The lowest BCUT2D eigenvalue weighted by Crippen LogP contribution is -2.63. The molecule has 2 aliphatic rings. The van der Waals surface area contributed by atoms with Crippen LogP contribution in [0.3, 0.4) is 0 Å². The largest absolute Gasteiger partial charge is 0.445 e. The molecule has 3 rings (SSSR count). The lowest BCUT2D eigenvalue weighted by molar-refractivity contribution is -0.118. The van der Waals surface area contributed by atoms with E-state index in [0.717, 1.165) is 11.8 Å². The summed E-state index contributed by atoms with van der Waals surface area (Å²) in [6.45, 7) is 7.18. The molecule has 7 nitrogen and oxygen atoms in total. The summed E-state index contributed by atoms with van der Waals surface area (Å²) in [4.78, 5) is 39.3. The summed E-state index contributed by atoms with van der Waals surface area (Å²) in [7, 11) is 0. The third-order valence-electron chi connectivity index (χ3n) is 5.00. The number of rotatable bonds is 3. The number of amides is 2. The van der Waals surface area contributed by atoms with E-state index >= 15 is 0 Å². The van der Waals surface area contributed by atoms with Crippen LogP contribution in [-0.2, 0) is 20.9 Å². The van der Waals surface area contributed by atoms with Gasteiger partial charge in [0.15, 0.2) is 0 Å². The molecule has 0 N–H and O–H groups in total. The average Bonchev–Trinajstić information content (AvgIpc) is 2.98. The van der Waals surface area contributed by atoms with E-state index in [1.807, 2.05) is 51.1 Å². The molecule has 0 aliphatic carbocycles. The molecule has 1 aromatic carbocycles. The molecule has 2 fully saturated rings. The summed E-state index contributed by atoms with van der Waals surface area (Å²) < 4.78 is 10.7. The Bertz CT molecular complexity index is 707. The van der Waals surface area contributed by atoms with Crippen LogP contribution in [0.25, 0.3) is 0 Å². The monoisotopic (exact) mass is 374 g/mol. The molecular weight excluding hydrogens is 348 g/mol. The second-order valence-electron chi connectivity index (χ2n) is 8.36. The van der Waals surface area contributed by atoms with Gasteiger partial charge in [0.2, 0.25) is 0 Å². The van der Waals surface area contributed by atoms with Gasteiger partial charge < -0.3 is 24.1 Å². The van der Waals surface area contributed by atoms with Gasteiger partial charge in [0.1, 0.15) is 18.5 Å². The zero-order valence-corrected chi connectivity index (χ0v) is 16.0. The van der Waals surface area contributed by atoms with Crippen molar-refractivity contribution in [2.45, 2.75) is 33.0 Å². The number of aldehydes is 1. The second-order valence-corrected chi connectivity index (χ2v) is 8.36. The van der Waals surface area contributed by atoms with Crippen LogP contribution >= 0.6 is 0 Å². The zero-order valence-electron chi connectivity index (χ0n) is 16.0. The molecule has 2 heterocycles. The first kappa shape index (κ1) is 19.2. The van der Waals surface area contributed by atoms with Gasteiger partial charge in [-0.2, -0.15) is 0 Å². The quantitative estimate of drug-likeness (QED) is 0.761. The molecule has 0 aromatic heterocycles. The van der Waals surface area contributed by atoms with Crippen LogP contribution in [-0.4, -0.2) is 60.1 Å². The molecule has 0 saturated carbocycles. The molecule has 146 valence electrons. The van der Waals surface area contributed by atoms with Gasteiger partial charge in [0.25, 0.3) is 0 Å². The number of likely N-dealkylation sites (tertiary alicyclic amines) is 2. The molecule has 1 unspecified atom stereocenters. The molecule has 2 saturated heterocycles. The Kier molecular flexibility index (Phi) is 5.13. The molecule has 2 aliphatic heterocycles. The predicted octanol–water partition coefficient (Wildman–Crippen LogP) is 2.69. The van der Waals surface area contributed by atoms with Gasteiger partial charge in [0.05, 0.1) is 0 Å².